The second-order valence-corrected chi connectivity index (χ2v) is 6.82. The van der Waals surface area contributed by atoms with Crippen LogP contribution in [0.5, 0.6) is 0 Å². The fourth-order valence-electron chi connectivity index (χ4n) is 3.25. The van der Waals surface area contributed by atoms with Crippen LogP contribution in [-0.2, 0) is 7.05 Å². The van der Waals surface area contributed by atoms with Gasteiger partial charge in [0.05, 0.1) is 0 Å². The van der Waals surface area contributed by atoms with E-state index in [1.807, 2.05) is 42.5 Å². The Labute approximate surface area is 172 Å². The fourth-order valence-corrected chi connectivity index (χ4v) is 3.25. The maximum absolute atomic E-state index is 12.3. The van der Waals surface area contributed by atoms with Gasteiger partial charge in [0.15, 0.2) is 0 Å². The van der Waals surface area contributed by atoms with Crippen LogP contribution in [0.15, 0.2) is 66.7 Å². The van der Waals surface area contributed by atoms with Gasteiger partial charge in [0, 0.05) is 24.0 Å². The number of hydrogen-bond donors (Lipinski definition) is 4. The van der Waals surface area contributed by atoms with Crippen molar-refractivity contribution in [1.29, 1.82) is 0 Å². The van der Waals surface area contributed by atoms with Crippen molar-refractivity contribution in [2.75, 3.05) is 16.4 Å². The Kier molecular flexibility index (Phi) is 4.81. The number of amides is 3. The zero-order chi connectivity index (χ0) is 21.3. The average molecular weight is 400 g/mol. The minimum Gasteiger partial charge on any atom is -0.383 e. The molecule has 0 atom stereocenters. The van der Waals surface area contributed by atoms with Gasteiger partial charge in [-0.3, -0.25) is 9.48 Å². The summed E-state index contributed by atoms with van der Waals surface area (Å²) in [5.41, 5.74) is 13.8. The molecule has 8 nitrogen and oxygen atoms in total. The van der Waals surface area contributed by atoms with Crippen molar-refractivity contribution in [1.82, 2.24) is 9.78 Å². The lowest BCUT2D eigenvalue weighted by molar-refractivity contribution is 0.100. The van der Waals surface area contributed by atoms with Crippen molar-refractivity contribution in [2.45, 2.75) is 0 Å². The van der Waals surface area contributed by atoms with E-state index in [0.717, 1.165) is 10.8 Å². The molecule has 0 fully saturated rings. The number of fused-ring (bicyclic) bond motifs is 1. The lowest BCUT2D eigenvalue weighted by atomic mass is 10.1. The Morgan fingerprint density at radius 3 is 2.23 bits per heavy atom. The van der Waals surface area contributed by atoms with Gasteiger partial charge in [-0.2, -0.15) is 5.10 Å². The van der Waals surface area contributed by atoms with Gasteiger partial charge in [-0.15, -0.1) is 0 Å². The summed E-state index contributed by atoms with van der Waals surface area (Å²) >= 11 is 0. The van der Waals surface area contributed by atoms with Gasteiger partial charge in [0.1, 0.15) is 17.1 Å². The van der Waals surface area contributed by atoms with Gasteiger partial charge in [0.25, 0.3) is 5.91 Å². The summed E-state index contributed by atoms with van der Waals surface area (Å²) in [6, 6.07) is 20.2. The molecule has 3 aromatic carbocycles. The first-order valence-corrected chi connectivity index (χ1v) is 9.22. The Morgan fingerprint density at radius 1 is 0.900 bits per heavy atom. The van der Waals surface area contributed by atoms with Crippen LogP contribution in [0.2, 0.25) is 0 Å². The molecule has 0 radical (unpaired) electrons. The quantitative estimate of drug-likeness (QED) is 0.417. The molecule has 4 aromatic rings. The van der Waals surface area contributed by atoms with Gasteiger partial charge < -0.3 is 22.1 Å². The van der Waals surface area contributed by atoms with E-state index >= 15 is 0 Å². The molecule has 150 valence electrons. The van der Waals surface area contributed by atoms with E-state index in [9.17, 15) is 9.59 Å². The molecule has 0 saturated carbocycles. The molecule has 0 aliphatic rings. The maximum atomic E-state index is 12.3. The number of rotatable bonds is 4. The maximum Gasteiger partial charge on any atom is 0.323 e. The number of hydrogen-bond acceptors (Lipinski definition) is 4. The summed E-state index contributed by atoms with van der Waals surface area (Å²) in [7, 11) is 1.64. The molecular weight excluding hydrogens is 380 g/mol. The number of nitrogens with one attached hydrogen (secondary N) is 2. The highest BCUT2D eigenvalue weighted by atomic mass is 16.2. The number of urea groups is 1. The fraction of sp³-hybridized carbons (Fsp3) is 0.0455. The van der Waals surface area contributed by atoms with Gasteiger partial charge in [0.2, 0.25) is 0 Å². The van der Waals surface area contributed by atoms with Crippen LogP contribution in [0.1, 0.15) is 10.4 Å². The van der Waals surface area contributed by atoms with E-state index in [-0.39, 0.29) is 17.4 Å². The highest BCUT2D eigenvalue weighted by molar-refractivity contribution is 6.04. The Bertz CT molecular complexity index is 1260. The van der Waals surface area contributed by atoms with E-state index in [1.165, 1.54) is 4.68 Å². The monoisotopic (exact) mass is 400 g/mol. The van der Waals surface area contributed by atoms with Crippen molar-refractivity contribution >= 4 is 39.9 Å². The van der Waals surface area contributed by atoms with Crippen LogP contribution >= 0.6 is 0 Å². The molecule has 4 rings (SSSR count). The van der Waals surface area contributed by atoms with Crippen LogP contribution in [0.25, 0.3) is 22.0 Å². The first kappa shape index (κ1) is 19.0. The van der Waals surface area contributed by atoms with Gasteiger partial charge in [-0.1, -0.05) is 42.5 Å². The summed E-state index contributed by atoms with van der Waals surface area (Å²) in [6.07, 6.45) is 0. The van der Waals surface area contributed by atoms with Gasteiger partial charge >= 0.3 is 6.03 Å². The highest BCUT2D eigenvalue weighted by Crippen LogP contribution is 2.27. The molecular formula is C22H20N6O2. The van der Waals surface area contributed by atoms with Crippen LogP contribution in [0.4, 0.5) is 22.0 Å². The van der Waals surface area contributed by atoms with Crippen LogP contribution < -0.4 is 22.1 Å². The second kappa shape index (κ2) is 7.59. The number of carbonyl (C=O) groups excluding carboxylic acids is 2. The van der Waals surface area contributed by atoms with Crippen LogP contribution in [-0.4, -0.2) is 21.7 Å². The molecule has 0 aliphatic carbocycles. The molecule has 30 heavy (non-hydrogen) atoms. The molecule has 3 amide bonds. The van der Waals surface area contributed by atoms with Crippen molar-refractivity contribution in [3.05, 3.63) is 72.3 Å². The molecule has 6 N–H and O–H groups in total. The standard InChI is InChI=1S/C22H20N6O2/c1-28-20(23)18(21(24)29)19(27-28)14-7-9-16(10-8-14)25-22(30)26-17-11-6-13-4-2-3-5-15(13)12-17/h2-12H,23H2,1H3,(H2,24,29)(H2,25,26,30). The van der Waals surface area contributed by atoms with E-state index in [2.05, 4.69) is 15.7 Å². The first-order chi connectivity index (χ1) is 14.4. The summed E-state index contributed by atoms with van der Waals surface area (Å²) in [4.78, 5) is 24.1. The number of nitrogen functional groups attached to an aromatic ring is 1. The number of aromatic nitrogens is 2. The van der Waals surface area contributed by atoms with E-state index in [0.29, 0.717) is 22.6 Å². The summed E-state index contributed by atoms with van der Waals surface area (Å²) in [6.45, 7) is 0. The van der Waals surface area contributed by atoms with E-state index in [1.54, 1.807) is 31.3 Å². The molecule has 0 unspecified atom stereocenters. The van der Waals surface area contributed by atoms with E-state index in [4.69, 9.17) is 11.5 Å². The normalized spacial score (nSPS) is 10.7. The smallest absolute Gasteiger partial charge is 0.323 e. The van der Waals surface area contributed by atoms with Crippen molar-refractivity contribution in [3.8, 4) is 11.3 Å². The lowest BCUT2D eigenvalue weighted by Gasteiger charge is -2.09. The van der Waals surface area contributed by atoms with Gasteiger partial charge in [-0.25, -0.2) is 4.79 Å². The molecule has 1 aromatic heterocycles. The van der Waals surface area contributed by atoms with Crippen LogP contribution in [0, 0.1) is 0 Å². The summed E-state index contributed by atoms with van der Waals surface area (Å²) in [5.74, 6) is -0.443. The Morgan fingerprint density at radius 2 is 1.53 bits per heavy atom. The number of nitrogens with two attached hydrogens (primary N) is 2. The number of nitrogens with zero attached hydrogens (tertiary/aromatic N) is 2. The third-order valence-electron chi connectivity index (χ3n) is 4.76. The second-order valence-electron chi connectivity index (χ2n) is 6.82. The van der Waals surface area contributed by atoms with E-state index < -0.39 is 5.91 Å². The SMILES string of the molecule is Cn1nc(-c2ccc(NC(=O)Nc3ccc4ccccc4c3)cc2)c(C(N)=O)c1N. The molecule has 1 heterocycles. The Balaban J connectivity index is 1.49. The molecule has 8 heteroatoms. The number of carbonyl (C=O) groups is 2. The first-order valence-electron chi connectivity index (χ1n) is 9.22. The zero-order valence-corrected chi connectivity index (χ0v) is 16.2. The lowest BCUT2D eigenvalue weighted by Crippen LogP contribution is -2.19. The summed E-state index contributed by atoms with van der Waals surface area (Å²) in [5, 5.41) is 12.0. The van der Waals surface area contributed by atoms with Crippen molar-refractivity contribution in [2.24, 2.45) is 12.8 Å². The predicted octanol–water partition coefficient (Wildman–Crippen LogP) is 3.57. The van der Waals surface area contributed by atoms with Crippen molar-refractivity contribution in [3.63, 3.8) is 0 Å². The van der Waals surface area contributed by atoms with Crippen molar-refractivity contribution < 1.29 is 9.59 Å². The number of anilines is 3. The third-order valence-corrected chi connectivity index (χ3v) is 4.76. The highest BCUT2D eigenvalue weighted by Gasteiger charge is 2.20. The number of benzene rings is 3. The largest absolute Gasteiger partial charge is 0.383 e. The average Bonchev–Trinajstić information content (AvgIpc) is 3.03. The molecule has 0 spiro atoms. The Hall–Kier alpha value is -4.33. The zero-order valence-electron chi connectivity index (χ0n) is 16.2. The number of primary amides is 1. The molecule has 0 aliphatic heterocycles. The summed E-state index contributed by atoms with van der Waals surface area (Å²) < 4.78 is 1.40. The minimum atomic E-state index is -0.646. The minimum absolute atomic E-state index is 0.173. The predicted molar refractivity (Wildman–Crippen MR) is 118 cm³/mol. The third kappa shape index (κ3) is 3.66. The van der Waals surface area contributed by atoms with Gasteiger partial charge in [-0.05, 0) is 35.0 Å². The van der Waals surface area contributed by atoms with Crippen LogP contribution in [0.3, 0.4) is 0 Å². The molecule has 0 saturated heterocycles. The topological polar surface area (TPSA) is 128 Å². The molecule has 0 bridgehead atoms. The number of aryl methyl sites for hydroxylation is 1.